The van der Waals surface area contributed by atoms with E-state index in [-0.39, 0.29) is 17.4 Å². The predicted molar refractivity (Wildman–Crippen MR) is 119 cm³/mol. The normalized spacial score (nSPS) is 22.2. The van der Waals surface area contributed by atoms with E-state index in [0.29, 0.717) is 29.2 Å². The summed E-state index contributed by atoms with van der Waals surface area (Å²) in [7, 11) is 3.80. The number of carbonyl (C=O) groups is 2. The third-order valence-corrected chi connectivity index (χ3v) is 5.90. The van der Waals surface area contributed by atoms with Crippen molar-refractivity contribution in [1.82, 2.24) is 9.80 Å². The standard InChI is InChI=1S/C24H25ClN2O4/c1-14-11-17-12-16(7-8-19(17)31-14)22(28)20-21(15-5-4-6-18(25)13-15)27(10-9-26(2)3)24(30)23(20)29/h4-8,12-14,21,28H,9-11H2,1-3H3/b22-20+/t14-,21+/m0/s1. The molecule has 2 aromatic carbocycles. The van der Waals surface area contributed by atoms with Crippen LogP contribution < -0.4 is 4.74 Å². The molecular formula is C24H25ClN2O4. The number of benzene rings is 2. The van der Waals surface area contributed by atoms with Crippen LogP contribution >= 0.6 is 11.6 Å². The fourth-order valence-electron chi connectivity index (χ4n) is 4.17. The van der Waals surface area contributed by atoms with E-state index in [0.717, 1.165) is 17.7 Å². The Kier molecular flexibility index (Phi) is 5.77. The molecule has 7 heteroatoms. The first-order valence-electron chi connectivity index (χ1n) is 10.2. The lowest BCUT2D eigenvalue weighted by molar-refractivity contribution is -0.140. The number of ether oxygens (including phenoxy) is 1. The van der Waals surface area contributed by atoms with E-state index in [9.17, 15) is 14.7 Å². The molecule has 2 heterocycles. The molecular weight excluding hydrogens is 416 g/mol. The number of ketones is 1. The second kappa shape index (κ2) is 8.36. The summed E-state index contributed by atoms with van der Waals surface area (Å²) < 4.78 is 5.73. The zero-order chi connectivity index (χ0) is 22.3. The molecule has 0 aromatic heterocycles. The van der Waals surface area contributed by atoms with Gasteiger partial charge in [0.25, 0.3) is 11.7 Å². The van der Waals surface area contributed by atoms with E-state index < -0.39 is 17.7 Å². The van der Waals surface area contributed by atoms with Crippen molar-refractivity contribution in [3.63, 3.8) is 0 Å². The molecule has 1 N–H and O–H groups in total. The van der Waals surface area contributed by atoms with E-state index in [1.807, 2.05) is 38.1 Å². The van der Waals surface area contributed by atoms with E-state index in [1.54, 1.807) is 30.3 Å². The number of nitrogens with zero attached hydrogens (tertiary/aromatic N) is 2. The third-order valence-electron chi connectivity index (χ3n) is 5.66. The molecule has 1 saturated heterocycles. The van der Waals surface area contributed by atoms with Gasteiger partial charge in [0.2, 0.25) is 0 Å². The van der Waals surface area contributed by atoms with Crippen LogP contribution in [-0.4, -0.2) is 59.9 Å². The maximum atomic E-state index is 13.0. The molecule has 0 saturated carbocycles. The lowest BCUT2D eigenvalue weighted by Crippen LogP contribution is -2.35. The molecule has 162 valence electrons. The van der Waals surface area contributed by atoms with Crippen LogP contribution in [-0.2, 0) is 16.0 Å². The molecule has 1 fully saturated rings. The van der Waals surface area contributed by atoms with Gasteiger partial charge in [0, 0.05) is 30.1 Å². The van der Waals surface area contributed by atoms with Crippen molar-refractivity contribution in [3.05, 3.63) is 69.8 Å². The number of hydrogen-bond donors (Lipinski definition) is 1. The summed E-state index contributed by atoms with van der Waals surface area (Å²) in [5.41, 5.74) is 2.23. The minimum absolute atomic E-state index is 0.0653. The number of likely N-dealkylation sites (N-methyl/N-ethyl adjacent to an activating group) is 1. The Balaban J connectivity index is 1.82. The lowest BCUT2D eigenvalue weighted by Gasteiger charge is -2.26. The molecule has 2 aromatic rings. The van der Waals surface area contributed by atoms with Gasteiger partial charge in [0.1, 0.15) is 17.6 Å². The zero-order valence-electron chi connectivity index (χ0n) is 17.8. The Morgan fingerprint density at radius 3 is 2.71 bits per heavy atom. The monoisotopic (exact) mass is 440 g/mol. The van der Waals surface area contributed by atoms with Crippen LogP contribution in [0.25, 0.3) is 5.76 Å². The van der Waals surface area contributed by atoms with Gasteiger partial charge in [-0.15, -0.1) is 0 Å². The van der Waals surface area contributed by atoms with Gasteiger partial charge in [-0.25, -0.2) is 0 Å². The van der Waals surface area contributed by atoms with Crippen LogP contribution in [0.2, 0.25) is 5.02 Å². The second-order valence-corrected chi connectivity index (χ2v) is 8.74. The maximum Gasteiger partial charge on any atom is 0.295 e. The highest BCUT2D eigenvalue weighted by atomic mass is 35.5. The summed E-state index contributed by atoms with van der Waals surface area (Å²) in [4.78, 5) is 29.4. The Hall–Kier alpha value is -2.83. The average Bonchev–Trinajstić information content (AvgIpc) is 3.22. The van der Waals surface area contributed by atoms with Crippen LogP contribution in [0.5, 0.6) is 5.75 Å². The SMILES string of the molecule is C[C@H]1Cc2cc(/C(O)=C3\C(=O)C(=O)N(CCN(C)C)[C@@H]3c3cccc(Cl)c3)ccc2O1. The minimum Gasteiger partial charge on any atom is -0.507 e. The number of halogens is 1. The number of fused-ring (bicyclic) bond motifs is 1. The minimum atomic E-state index is -0.706. The molecule has 0 spiro atoms. The summed E-state index contributed by atoms with van der Waals surface area (Å²) in [6.07, 6.45) is 0.793. The molecule has 2 atom stereocenters. The second-order valence-electron chi connectivity index (χ2n) is 8.31. The van der Waals surface area contributed by atoms with Gasteiger partial charge in [-0.1, -0.05) is 23.7 Å². The van der Waals surface area contributed by atoms with Crippen molar-refractivity contribution < 1.29 is 19.4 Å². The quantitative estimate of drug-likeness (QED) is 0.436. The molecule has 0 bridgehead atoms. The summed E-state index contributed by atoms with van der Waals surface area (Å²) in [5, 5.41) is 11.7. The predicted octanol–water partition coefficient (Wildman–Crippen LogP) is 3.65. The number of hydrogen-bond acceptors (Lipinski definition) is 5. The molecule has 0 unspecified atom stereocenters. The van der Waals surface area contributed by atoms with Gasteiger partial charge in [-0.3, -0.25) is 9.59 Å². The van der Waals surface area contributed by atoms with E-state index in [1.165, 1.54) is 4.90 Å². The highest BCUT2D eigenvalue weighted by molar-refractivity contribution is 6.46. The van der Waals surface area contributed by atoms with Crippen molar-refractivity contribution in [2.45, 2.75) is 25.5 Å². The summed E-state index contributed by atoms with van der Waals surface area (Å²) in [5.74, 6) is -0.710. The highest BCUT2D eigenvalue weighted by Crippen LogP contribution is 2.41. The number of Topliss-reactive ketones (excluding diaryl/α,β-unsaturated/α-hetero) is 1. The van der Waals surface area contributed by atoms with Crippen LogP contribution in [0.3, 0.4) is 0 Å². The third kappa shape index (κ3) is 4.05. The lowest BCUT2D eigenvalue weighted by atomic mass is 9.94. The van der Waals surface area contributed by atoms with Crippen molar-refractivity contribution in [3.8, 4) is 5.75 Å². The van der Waals surface area contributed by atoms with E-state index in [2.05, 4.69) is 0 Å². The Bertz CT molecular complexity index is 1080. The zero-order valence-corrected chi connectivity index (χ0v) is 18.5. The number of amides is 1. The molecule has 4 rings (SSSR count). The molecule has 31 heavy (non-hydrogen) atoms. The molecule has 1 amide bonds. The molecule has 2 aliphatic heterocycles. The molecule has 0 aliphatic carbocycles. The fourth-order valence-corrected chi connectivity index (χ4v) is 4.37. The van der Waals surface area contributed by atoms with Crippen molar-refractivity contribution >= 4 is 29.1 Å². The number of aliphatic hydroxyl groups excluding tert-OH is 1. The number of carbonyl (C=O) groups excluding carboxylic acids is 2. The van der Waals surface area contributed by atoms with Crippen molar-refractivity contribution in [2.75, 3.05) is 27.2 Å². The highest BCUT2D eigenvalue weighted by Gasteiger charge is 2.46. The Morgan fingerprint density at radius 1 is 1.23 bits per heavy atom. The van der Waals surface area contributed by atoms with Gasteiger partial charge in [0.15, 0.2) is 0 Å². The summed E-state index contributed by atoms with van der Waals surface area (Å²) in [6, 6.07) is 11.7. The molecule has 6 nitrogen and oxygen atoms in total. The summed E-state index contributed by atoms with van der Waals surface area (Å²) >= 11 is 6.20. The first-order chi connectivity index (χ1) is 14.8. The average molecular weight is 441 g/mol. The van der Waals surface area contributed by atoms with Crippen LogP contribution in [0, 0.1) is 0 Å². The van der Waals surface area contributed by atoms with Gasteiger partial charge in [0.05, 0.1) is 11.6 Å². The fraction of sp³-hybridized carbons (Fsp3) is 0.333. The first-order valence-corrected chi connectivity index (χ1v) is 10.6. The number of likely N-dealkylation sites (tertiary alicyclic amines) is 1. The van der Waals surface area contributed by atoms with Crippen LogP contribution in [0.4, 0.5) is 0 Å². The number of rotatable bonds is 5. The number of aliphatic hydroxyl groups is 1. The first kappa shape index (κ1) is 21.4. The topological polar surface area (TPSA) is 70.1 Å². The van der Waals surface area contributed by atoms with Crippen LogP contribution in [0.15, 0.2) is 48.0 Å². The van der Waals surface area contributed by atoms with Gasteiger partial charge in [-0.05, 0) is 62.5 Å². The molecule has 0 radical (unpaired) electrons. The Morgan fingerprint density at radius 2 is 2.00 bits per heavy atom. The van der Waals surface area contributed by atoms with E-state index >= 15 is 0 Å². The summed E-state index contributed by atoms with van der Waals surface area (Å²) in [6.45, 7) is 2.91. The van der Waals surface area contributed by atoms with Crippen molar-refractivity contribution in [1.29, 1.82) is 0 Å². The van der Waals surface area contributed by atoms with Gasteiger partial charge in [-0.2, -0.15) is 0 Å². The smallest absolute Gasteiger partial charge is 0.295 e. The van der Waals surface area contributed by atoms with E-state index in [4.69, 9.17) is 16.3 Å². The van der Waals surface area contributed by atoms with Gasteiger partial charge < -0.3 is 19.6 Å². The van der Waals surface area contributed by atoms with Crippen molar-refractivity contribution in [2.24, 2.45) is 0 Å². The Labute approximate surface area is 186 Å². The maximum absolute atomic E-state index is 13.0. The molecule has 2 aliphatic rings. The largest absolute Gasteiger partial charge is 0.507 e. The van der Waals surface area contributed by atoms with Crippen LogP contribution in [0.1, 0.15) is 29.7 Å². The van der Waals surface area contributed by atoms with Gasteiger partial charge >= 0.3 is 0 Å².